The molecule has 2 atom stereocenters. The Hall–Kier alpha value is -2.08. The van der Waals surface area contributed by atoms with E-state index in [0.717, 1.165) is 31.5 Å². The molecule has 0 amide bonds. The van der Waals surface area contributed by atoms with Crippen molar-refractivity contribution in [2.75, 3.05) is 13.2 Å². The summed E-state index contributed by atoms with van der Waals surface area (Å²) in [4.78, 5) is 8.45. The van der Waals surface area contributed by atoms with Gasteiger partial charge in [0.2, 0.25) is 0 Å². The highest BCUT2D eigenvalue weighted by Gasteiger charge is 2.19. The third kappa shape index (κ3) is 8.43. The van der Waals surface area contributed by atoms with E-state index < -0.39 is 25.6 Å². The van der Waals surface area contributed by atoms with E-state index in [2.05, 4.69) is 9.97 Å². The topological polar surface area (TPSA) is 55.2 Å². The zero-order valence-corrected chi connectivity index (χ0v) is 15.6. The molecule has 27 heavy (non-hydrogen) atoms. The molecule has 0 saturated heterocycles. The van der Waals surface area contributed by atoms with E-state index in [1.165, 1.54) is 24.8 Å². The quantitative estimate of drug-likeness (QED) is 0.529. The zero-order valence-electron chi connectivity index (χ0n) is 15.6. The highest BCUT2D eigenvalue weighted by atomic mass is 19.2. The molecule has 1 aromatic heterocycles. The molecule has 148 valence electrons. The lowest BCUT2D eigenvalue weighted by Crippen LogP contribution is -2.27. The molecule has 6 heteroatoms. The van der Waals surface area contributed by atoms with Gasteiger partial charge in [-0.25, -0.2) is 18.7 Å². The van der Waals surface area contributed by atoms with Crippen LogP contribution in [0.4, 0.5) is 8.78 Å². The summed E-state index contributed by atoms with van der Waals surface area (Å²) >= 11 is 0. The van der Waals surface area contributed by atoms with E-state index in [1.807, 2.05) is 18.2 Å². The van der Waals surface area contributed by atoms with Crippen molar-refractivity contribution in [2.45, 2.75) is 57.3 Å². The number of rotatable bonds is 13. The number of halogens is 2. The van der Waals surface area contributed by atoms with Gasteiger partial charge >= 0.3 is 0 Å². The van der Waals surface area contributed by atoms with Gasteiger partial charge in [-0.05, 0) is 43.0 Å². The summed E-state index contributed by atoms with van der Waals surface area (Å²) in [7, 11) is 0. The third-order valence-corrected chi connectivity index (χ3v) is 4.38. The molecule has 0 unspecified atom stereocenters. The van der Waals surface area contributed by atoms with Crippen molar-refractivity contribution in [3.05, 3.63) is 54.1 Å². The van der Waals surface area contributed by atoms with Gasteiger partial charge in [0.1, 0.15) is 18.2 Å². The molecule has 1 aromatic carbocycles. The molecule has 0 aliphatic rings. The number of aliphatic hydroxyl groups excluding tert-OH is 1. The molecule has 0 fully saturated rings. The second kappa shape index (κ2) is 12.3. The normalized spacial score (nSPS) is 13.3. The van der Waals surface area contributed by atoms with Crippen LogP contribution in [0.1, 0.15) is 43.5 Å². The van der Waals surface area contributed by atoms with Gasteiger partial charge in [-0.3, -0.25) is 0 Å². The Morgan fingerprint density at radius 2 is 1.48 bits per heavy atom. The van der Waals surface area contributed by atoms with E-state index in [9.17, 15) is 8.78 Å². The van der Waals surface area contributed by atoms with Crippen molar-refractivity contribution in [3.8, 4) is 5.75 Å². The first-order valence-electron chi connectivity index (χ1n) is 9.55. The number of hydrogen-bond donors (Lipinski definition) is 1. The van der Waals surface area contributed by atoms with Crippen LogP contribution in [0, 0.1) is 0 Å². The lowest BCUT2D eigenvalue weighted by molar-refractivity contribution is 0.0661. The van der Waals surface area contributed by atoms with Gasteiger partial charge < -0.3 is 9.84 Å². The summed E-state index contributed by atoms with van der Waals surface area (Å²) < 4.78 is 31.4. The fourth-order valence-electron chi connectivity index (χ4n) is 2.75. The van der Waals surface area contributed by atoms with Gasteiger partial charge in [0.25, 0.3) is 0 Å². The third-order valence-electron chi connectivity index (χ3n) is 4.38. The Balaban J connectivity index is 1.54. The highest BCUT2D eigenvalue weighted by molar-refractivity contribution is 5.27. The van der Waals surface area contributed by atoms with Gasteiger partial charge in [0.05, 0.1) is 6.61 Å². The summed E-state index contributed by atoms with van der Waals surface area (Å²) in [5.41, 5.74) is 1.20. The van der Waals surface area contributed by atoms with Crippen molar-refractivity contribution in [1.82, 2.24) is 9.97 Å². The standard InChI is InChI=1S/C21H28F2N2O2/c22-19(15-26)20(23)16-27-18-11-9-17(10-12-18)7-4-2-1-3-5-8-21-24-13-6-14-25-21/h6,9-14,19-20,26H,1-5,7-8,15-16H2/t19-,20-/m1/s1. The van der Waals surface area contributed by atoms with Crippen LogP contribution >= 0.6 is 0 Å². The van der Waals surface area contributed by atoms with Crippen LogP contribution in [0.5, 0.6) is 5.75 Å². The van der Waals surface area contributed by atoms with Crippen molar-refractivity contribution in [3.63, 3.8) is 0 Å². The van der Waals surface area contributed by atoms with Gasteiger partial charge in [0.15, 0.2) is 12.3 Å². The van der Waals surface area contributed by atoms with Crippen molar-refractivity contribution >= 4 is 0 Å². The molecule has 1 N–H and O–H groups in total. The van der Waals surface area contributed by atoms with Gasteiger partial charge in [-0.2, -0.15) is 0 Å². The number of benzene rings is 1. The first kappa shape index (κ1) is 21.2. The van der Waals surface area contributed by atoms with Crippen LogP contribution in [-0.2, 0) is 12.8 Å². The van der Waals surface area contributed by atoms with Crippen LogP contribution in [0.15, 0.2) is 42.7 Å². The smallest absolute Gasteiger partial charge is 0.167 e. The maximum Gasteiger partial charge on any atom is 0.167 e. The minimum atomic E-state index is -1.90. The largest absolute Gasteiger partial charge is 0.490 e. The number of aliphatic hydroxyl groups is 1. The number of alkyl halides is 2. The first-order valence-corrected chi connectivity index (χ1v) is 9.55. The summed E-state index contributed by atoms with van der Waals surface area (Å²) in [6.45, 7) is -1.22. The Bertz CT molecular complexity index is 626. The minimum Gasteiger partial charge on any atom is -0.490 e. The number of aryl methyl sites for hydroxylation is 2. The predicted molar refractivity (Wildman–Crippen MR) is 101 cm³/mol. The van der Waals surface area contributed by atoms with Gasteiger partial charge in [-0.1, -0.05) is 31.4 Å². The van der Waals surface area contributed by atoms with E-state index in [4.69, 9.17) is 9.84 Å². The number of ether oxygens (including phenoxy) is 1. The van der Waals surface area contributed by atoms with Crippen molar-refractivity contribution in [1.29, 1.82) is 0 Å². The van der Waals surface area contributed by atoms with E-state index >= 15 is 0 Å². The first-order chi connectivity index (χ1) is 13.2. The minimum absolute atomic E-state index is 0.394. The molecular weight excluding hydrogens is 350 g/mol. The van der Waals surface area contributed by atoms with E-state index in [1.54, 1.807) is 24.5 Å². The predicted octanol–water partition coefficient (Wildman–Crippen LogP) is 4.26. The van der Waals surface area contributed by atoms with E-state index in [0.29, 0.717) is 5.75 Å². The summed E-state index contributed by atoms with van der Waals surface area (Å²) in [6.07, 6.45) is 7.55. The second-order valence-corrected chi connectivity index (χ2v) is 6.60. The van der Waals surface area contributed by atoms with Crippen molar-refractivity contribution < 1.29 is 18.6 Å². The molecular formula is C21H28F2N2O2. The lowest BCUT2D eigenvalue weighted by Gasteiger charge is -2.13. The zero-order chi connectivity index (χ0) is 19.3. The Kier molecular flexibility index (Phi) is 9.69. The average molecular weight is 378 g/mol. The molecule has 4 nitrogen and oxygen atoms in total. The van der Waals surface area contributed by atoms with Crippen LogP contribution in [0.3, 0.4) is 0 Å². The maximum atomic E-state index is 13.3. The van der Waals surface area contributed by atoms with Crippen LogP contribution < -0.4 is 4.74 Å². The molecule has 0 saturated carbocycles. The summed E-state index contributed by atoms with van der Waals surface area (Å²) in [5.74, 6) is 1.42. The summed E-state index contributed by atoms with van der Waals surface area (Å²) in [5, 5.41) is 8.57. The highest BCUT2D eigenvalue weighted by Crippen LogP contribution is 2.16. The van der Waals surface area contributed by atoms with Crippen molar-refractivity contribution in [2.24, 2.45) is 0 Å². The SMILES string of the molecule is OC[C@@H](F)[C@H](F)COc1ccc(CCCCCCCc2ncccn2)cc1. The van der Waals surface area contributed by atoms with Gasteiger partial charge in [0, 0.05) is 18.8 Å². The Labute approximate surface area is 159 Å². The van der Waals surface area contributed by atoms with Gasteiger partial charge in [-0.15, -0.1) is 0 Å². The van der Waals surface area contributed by atoms with E-state index in [-0.39, 0.29) is 0 Å². The monoisotopic (exact) mass is 378 g/mol. The lowest BCUT2D eigenvalue weighted by atomic mass is 10.0. The Morgan fingerprint density at radius 1 is 0.852 bits per heavy atom. The van der Waals surface area contributed by atoms with Crippen LogP contribution in [0.2, 0.25) is 0 Å². The molecule has 2 aromatic rings. The molecule has 2 rings (SSSR count). The molecule has 1 heterocycles. The molecule has 0 radical (unpaired) electrons. The molecule has 0 spiro atoms. The molecule has 0 aliphatic carbocycles. The fourth-order valence-corrected chi connectivity index (χ4v) is 2.75. The number of nitrogens with zero attached hydrogens (tertiary/aromatic N) is 2. The van der Waals surface area contributed by atoms with Crippen LogP contribution in [-0.4, -0.2) is 40.6 Å². The number of aromatic nitrogens is 2. The average Bonchev–Trinajstić information content (AvgIpc) is 2.72. The second-order valence-electron chi connectivity index (χ2n) is 6.60. The molecule has 0 aliphatic heterocycles. The molecule has 0 bridgehead atoms. The maximum absolute atomic E-state index is 13.3. The number of hydrogen-bond acceptors (Lipinski definition) is 4. The number of unbranched alkanes of at least 4 members (excludes halogenated alkanes) is 4. The van der Waals surface area contributed by atoms with Crippen LogP contribution in [0.25, 0.3) is 0 Å². The fraction of sp³-hybridized carbons (Fsp3) is 0.524. The summed E-state index contributed by atoms with van der Waals surface area (Å²) in [6, 6.07) is 9.28. The Morgan fingerprint density at radius 3 is 2.15 bits per heavy atom.